The fourth-order valence-electron chi connectivity index (χ4n) is 2.25. The van der Waals surface area contributed by atoms with E-state index in [0.29, 0.717) is 16.5 Å². The van der Waals surface area contributed by atoms with Crippen LogP contribution in [-0.4, -0.2) is 18.7 Å². The summed E-state index contributed by atoms with van der Waals surface area (Å²) in [4.78, 5) is 12.2. The van der Waals surface area contributed by atoms with Crippen LogP contribution in [0.2, 0.25) is 5.02 Å². The molecule has 0 bridgehead atoms. The van der Waals surface area contributed by atoms with E-state index < -0.39 is 18.2 Å². The molecule has 0 unspecified atom stereocenters. The summed E-state index contributed by atoms with van der Waals surface area (Å²) < 4.78 is 16.6. The molecule has 1 aliphatic rings. The highest BCUT2D eigenvalue weighted by Gasteiger charge is 2.30. The molecule has 0 amide bonds. The fraction of sp³-hybridized carbons (Fsp3) is 0.235. The van der Waals surface area contributed by atoms with Gasteiger partial charge in [0, 0.05) is 10.6 Å². The van der Waals surface area contributed by atoms with Gasteiger partial charge in [0.2, 0.25) is 6.10 Å². The Kier molecular flexibility index (Phi) is 4.20. The monoisotopic (exact) mass is 318 g/mol. The van der Waals surface area contributed by atoms with Crippen molar-refractivity contribution in [2.75, 3.05) is 6.61 Å². The van der Waals surface area contributed by atoms with Crippen LogP contribution in [0, 0.1) is 0 Å². The fourth-order valence-corrected chi connectivity index (χ4v) is 2.54. The highest BCUT2D eigenvalue weighted by atomic mass is 35.5. The molecule has 2 atom stereocenters. The molecular formula is C17H15ClO4. The van der Waals surface area contributed by atoms with Gasteiger partial charge in [0.15, 0.2) is 11.5 Å². The summed E-state index contributed by atoms with van der Waals surface area (Å²) in [7, 11) is 0. The molecule has 2 aromatic rings. The standard InChI is InChI=1S/C17H15ClO4/c1-11(12-6-2-3-7-13(12)18)21-17(19)16-10-20-14-8-4-5-9-15(14)22-16/h2-9,11,16H,10H2,1H3/t11-,16-/m0/s1. The van der Waals surface area contributed by atoms with Crippen molar-refractivity contribution in [2.45, 2.75) is 19.1 Å². The van der Waals surface area contributed by atoms with Crippen molar-refractivity contribution in [3.8, 4) is 11.5 Å². The molecule has 0 fully saturated rings. The molecule has 0 N–H and O–H groups in total. The van der Waals surface area contributed by atoms with Gasteiger partial charge >= 0.3 is 5.97 Å². The van der Waals surface area contributed by atoms with Gasteiger partial charge in [-0.25, -0.2) is 4.79 Å². The maximum absolute atomic E-state index is 12.2. The largest absolute Gasteiger partial charge is 0.485 e. The molecule has 1 heterocycles. The van der Waals surface area contributed by atoms with Crippen LogP contribution in [0.1, 0.15) is 18.6 Å². The summed E-state index contributed by atoms with van der Waals surface area (Å²) in [5, 5.41) is 0.564. The Bertz CT molecular complexity index is 686. The van der Waals surface area contributed by atoms with Gasteiger partial charge in [-0.1, -0.05) is 41.9 Å². The second-order valence-electron chi connectivity index (χ2n) is 4.96. The van der Waals surface area contributed by atoms with E-state index in [9.17, 15) is 4.79 Å². The van der Waals surface area contributed by atoms with Gasteiger partial charge in [-0.15, -0.1) is 0 Å². The van der Waals surface area contributed by atoms with E-state index in [1.165, 1.54) is 0 Å². The molecule has 0 radical (unpaired) electrons. The predicted molar refractivity (Wildman–Crippen MR) is 82.3 cm³/mol. The zero-order chi connectivity index (χ0) is 15.5. The van der Waals surface area contributed by atoms with Crippen LogP contribution >= 0.6 is 11.6 Å². The third-order valence-corrected chi connectivity index (χ3v) is 3.75. The lowest BCUT2D eigenvalue weighted by atomic mass is 10.1. The first-order valence-corrected chi connectivity index (χ1v) is 7.36. The smallest absolute Gasteiger partial charge is 0.351 e. The number of carbonyl (C=O) groups excluding carboxylic acids is 1. The number of ether oxygens (including phenoxy) is 3. The van der Waals surface area contributed by atoms with Crippen LogP contribution in [0.5, 0.6) is 11.5 Å². The predicted octanol–water partition coefficient (Wildman–Crippen LogP) is 3.78. The van der Waals surface area contributed by atoms with Gasteiger partial charge in [0.1, 0.15) is 12.7 Å². The number of fused-ring (bicyclic) bond motifs is 1. The minimum Gasteiger partial charge on any atom is -0.485 e. The SMILES string of the molecule is C[C@H](OC(=O)[C@@H]1COc2ccccc2O1)c1ccccc1Cl. The average Bonchev–Trinajstić information content (AvgIpc) is 2.54. The van der Waals surface area contributed by atoms with Crippen molar-refractivity contribution in [1.29, 1.82) is 0 Å². The minimum absolute atomic E-state index is 0.130. The Morgan fingerprint density at radius 3 is 2.64 bits per heavy atom. The Morgan fingerprint density at radius 2 is 1.86 bits per heavy atom. The normalized spacial score (nSPS) is 17.6. The van der Waals surface area contributed by atoms with E-state index in [-0.39, 0.29) is 6.61 Å². The first-order chi connectivity index (χ1) is 10.6. The molecular weight excluding hydrogens is 304 g/mol. The quantitative estimate of drug-likeness (QED) is 0.808. The number of carbonyl (C=O) groups is 1. The summed E-state index contributed by atoms with van der Waals surface area (Å²) in [5.41, 5.74) is 0.759. The maximum atomic E-state index is 12.2. The number of hydrogen-bond donors (Lipinski definition) is 0. The number of hydrogen-bond acceptors (Lipinski definition) is 4. The summed E-state index contributed by atoms with van der Waals surface area (Å²) in [6.45, 7) is 1.90. The second-order valence-corrected chi connectivity index (χ2v) is 5.37. The average molecular weight is 319 g/mol. The molecule has 22 heavy (non-hydrogen) atoms. The van der Waals surface area contributed by atoms with E-state index in [1.54, 1.807) is 25.1 Å². The van der Waals surface area contributed by atoms with Gasteiger partial charge in [-0.05, 0) is 25.1 Å². The van der Waals surface area contributed by atoms with Crippen molar-refractivity contribution in [1.82, 2.24) is 0 Å². The Hall–Kier alpha value is -2.20. The van der Waals surface area contributed by atoms with Crippen LogP contribution in [0.25, 0.3) is 0 Å². The van der Waals surface area contributed by atoms with E-state index >= 15 is 0 Å². The number of halogens is 1. The third-order valence-electron chi connectivity index (χ3n) is 3.41. The topological polar surface area (TPSA) is 44.8 Å². The van der Waals surface area contributed by atoms with Crippen molar-refractivity contribution in [3.05, 3.63) is 59.1 Å². The second kappa shape index (κ2) is 6.28. The maximum Gasteiger partial charge on any atom is 0.351 e. The molecule has 5 heteroatoms. The molecule has 114 valence electrons. The van der Waals surface area contributed by atoms with Crippen LogP contribution in [0.15, 0.2) is 48.5 Å². The lowest BCUT2D eigenvalue weighted by Gasteiger charge is -2.26. The van der Waals surface area contributed by atoms with Gasteiger partial charge in [-0.2, -0.15) is 0 Å². The first kappa shape index (κ1) is 14.7. The lowest BCUT2D eigenvalue weighted by molar-refractivity contribution is -0.159. The molecule has 2 aromatic carbocycles. The van der Waals surface area contributed by atoms with Gasteiger partial charge in [0.25, 0.3) is 0 Å². The summed E-state index contributed by atoms with van der Waals surface area (Å²) in [5.74, 6) is 0.703. The van der Waals surface area contributed by atoms with E-state index in [1.807, 2.05) is 30.3 Å². The highest BCUT2D eigenvalue weighted by molar-refractivity contribution is 6.31. The molecule has 0 spiro atoms. The molecule has 0 saturated heterocycles. The minimum atomic E-state index is -0.778. The number of esters is 1. The Labute approximate surface area is 133 Å². The van der Waals surface area contributed by atoms with E-state index in [0.717, 1.165) is 5.56 Å². The molecule has 1 aliphatic heterocycles. The number of benzene rings is 2. The van der Waals surface area contributed by atoms with Gasteiger partial charge in [-0.3, -0.25) is 0 Å². The van der Waals surface area contributed by atoms with Crippen LogP contribution in [0.3, 0.4) is 0 Å². The summed E-state index contributed by atoms with van der Waals surface area (Å²) in [6, 6.07) is 14.5. The Morgan fingerprint density at radius 1 is 1.18 bits per heavy atom. The van der Waals surface area contributed by atoms with Crippen molar-refractivity contribution in [2.24, 2.45) is 0 Å². The van der Waals surface area contributed by atoms with Crippen molar-refractivity contribution in [3.63, 3.8) is 0 Å². The molecule has 0 saturated carbocycles. The summed E-state index contributed by atoms with van der Waals surface area (Å²) >= 11 is 6.11. The van der Waals surface area contributed by atoms with E-state index in [4.69, 9.17) is 25.8 Å². The number of para-hydroxylation sites is 2. The molecule has 4 nitrogen and oxygen atoms in total. The van der Waals surface area contributed by atoms with Crippen LogP contribution in [0.4, 0.5) is 0 Å². The van der Waals surface area contributed by atoms with E-state index in [2.05, 4.69) is 0 Å². The number of rotatable bonds is 3. The van der Waals surface area contributed by atoms with Crippen LogP contribution < -0.4 is 9.47 Å². The molecule has 0 aliphatic carbocycles. The zero-order valence-corrected chi connectivity index (χ0v) is 12.7. The molecule has 3 rings (SSSR count). The van der Waals surface area contributed by atoms with Gasteiger partial charge < -0.3 is 14.2 Å². The first-order valence-electron chi connectivity index (χ1n) is 6.98. The Balaban J connectivity index is 1.67. The van der Waals surface area contributed by atoms with Crippen LogP contribution in [-0.2, 0) is 9.53 Å². The third kappa shape index (κ3) is 3.02. The van der Waals surface area contributed by atoms with Gasteiger partial charge in [0.05, 0.1) is 0 Å². The lowest BCUT2D eigenvalue weighted by Crippen LogP contribution is -2.38. The molecule has 0 aromatic heterocycles. The zero-order valence-electron chi connectivity index (χ0n) is 12.0. The highest BCUT2D eigenvalue weighted by Crippen LogP contribution is 2.32. The summed E-state index contributed by atoms with van der Waals surface area (Å²) in [6.07, 6.45) is -1.23. The van der Waals surface area contributed by atoms with Crippen molar-refractivity contribution < 1.29 is 19.0 Å². The van der Waals surface area contributed by atoms with Crippen molar-refractivity contribution >= 4 is 17.6 Å².